The molecule has 0 radical (unpaired) electrons. The maximum atomic E-state index is 11.7. The number of hydrogen-bond donors (Lipinski definition) is 1. The van der Waals surface area contributed by atoms with Gasteiger partial charge in [0.2, 0.25) is 5.89 Å². The van der Waals surface area contributed by atoms with Crippen LogP contribution in [0.15, 0.2) is 39.9 Å². The van der Waals surface area contributed by atoms with E-state index >= 15 is 0 Å². The van der Waals surface area contributed by atoms with E-state index in [0.717, 1.165) is 25.0 Å². The minimum Gasteiger partial charge on any atom is -0.748 e. The van der Waals surface area contributed by atoms with E-state index < -0.39 is 36.9 Å². The van der Waals surface area contributed by atoms with Crippen molar-refractivity contribution in [2.45, 2.75) is 43.5 Å². The standard InChI is InChI=1S/C21H23ClN2O10S2.Na/c22-15-13-24(7-3-1-2-5-20(25)26)8-6-14(15)21-23-16-11-19(36(30,31)32)18(12-17(16)34-21)33-9-4-10-35(27,28)29;/h6,8,11-13H,1-5,7,9-10H2,(H2-,25,26,27,28,29,30,31,32);/q;+1/p-1. The first-order chi connectivity index (χ1) is 16.8. The Morgan fingerprint density at radius 1 is 1.14 bits per heavy atom. The van der Waals surface area contributed by atoms with Gasteiger partial charge in [0.05, 0.1) is 27.2 Å². The van der Waals surface area contributed by atoms with Gasteiger partial charge >= 0.3 is 35.5 Å². The molecule has 196 valence electrons. The SMILES string of the molecule is O=C(O)CCCCC[n+]1ccc(-c2nc3cc(S(=O)(=O)[O-])c(OCCCS(=O)(=O)[O-])cc3o2)c(Cl)c1.[Na+]. The minimum absolute atomic E-state index is 0. The number of aromatic nitrogens is 2. The van der Waals surface area contributed by atoms with Crippen molar-refractivity contribution in [1.29, 1.82) is 0 Å². The predicted octanol–water partition coefficient (Wildman–Crippen LogP) is -0.697. The number of oxazole rings is 1. The van der Waals surface area contributed by atoms with Crippen LogP contribution in [0.3, 0.4) is 0 Å². The summed E-state index contributed by atoms with van der Waals surface area (Å²) in [4.78, 5) is 14.1. The fourth-order valence-corrected chi connectivity index (χ4v) is 4.71. The summed E-state index contributed by atoms with van der Waals surface area (Å²) in [6.07, 6.45) is 5.37. The van der Waals surface area contributed by atoms with E-state index in [-0.39, 0.29) is 71.7 Å². The molecule has 0 spiro atoms. The average molecular weight is 585 g/mol. The summed E-state index contributed by atoms with van der Waals surface area (Å²) < 4.78 is 80.1. The zero-order valence-corrected chi connectivity index (χ0v) is 24.1. The summed E-state index contributed by atoms with van der Waals surface area (Å²) in [6, 6.07) is 3.78. The molecule has 0 bridgehead atoms. The van der Waals surface area contributed by atoms with Crippen molar-refractivity contribution >= 4 is 48.9 Å². The smallest absolute Gasteiger partial charge is 0.748 e. The molecule has 0 saturated heterocycles. The quantitative estimate of drug-likeness (QED) is 0.116. The van der Waals surface area contributed by atoms with Crippen LogP contribution in [-0.2, 0) is 31.6 Å². The first kappa shape index (κ1) is 31.4. The van der Waals surface area contributed by atoms with E-state index in [9.17, 15) is 30.7 Å². The normalized spacial score (nSPS) is 11.9. The van der Waals surface area contributed by atoms with Gasteiger partial charge in [-0.15, -0.1) is 0 Å². The van der Waals surface area contributed by atoms with Gasteiger partial charge in [0.25, 0.3) is 0 Å². The summed E-state index contributed by atoms with van der Waals surface area (Å²) in [5.41, 5.74) is 0.555. The number of fused-ring (bicyclic) bond motifs is 1. The largest absolute Gasteiger partial charge is 1.00 e. The molecule has 0 unspecified atom stereocenters. The third kappa shape index (κ3) is 9.48. The van der Waals surface area contributed by atoms with Crippen molar-refractivity contribution in [1.82, 2.24) is 4.98 Å². The molecule has 2 heterocycles. The van der Waals surface area contributed by atoms with Gasteiger partial charge in [0.1, 0.15) is 33.0 Å². The summed E-state index contributed by atoms with van der Waals surface area (Å²) in [5, 5.41) is 8.98. The van der Waals surface area contributed by atoms with Gasteiger partial charge < -0.3 is 23.4 Å². The van der Waals surface area contributed by atoms with E-state index in [1.54, 1.807) is 18.5 Å². The number of aliphatic carboxylic acids is 1. The van der Waals surface area contributed by atoms with Crippen molar-refractivity contribution in [3.63, 3.8) is 0 Å². The molecule has 1 N–H and O–H groups in total. The Labute approximate surface area is 240 Å². The third-order valence-electron chi connectivity index (χ3n) is 5.03. The molecule has 37 heavy (non-hydrogen) atoms. The molecule has 0 fully saturated rings. The Morgan fingerprint density at radius 2 is 1.86 bits per heavy atom. The van der Waals surface area contributed by atoms with Crippen molar-refractivity contribution in [3.8, 4) is 17.2 Å². The molecule has 12 nitrogen and oxygen atoms in total. The molecule has 0 amide bonds. The molecule has 3 rings (SSSR count). The second-order valence-electron chi connectivity index (χ2n) is 7.85. The maximum absolute atomic E-state index is 11.7. The Bertz CT molecular complexity index is 1480. The van der Waals surface area contributed by atoms with Crippen LogP contribution in [0, 0.1) is 0 Å². The number of carboxylic acids is 1. The molecule has 0 aliphatic heterocycles. The number of pyridine rings is 1. The Balaban J connectivity index is 0.00000481. The van der Waals surface area contributed by atoms with Crippen LogP contribution in [-0.4, -0.2) is 54.4 Å². The minimum atomic E-state index is -4.98. The zero-order chi connectivity index (χ0) is 26.5. The van der Waals surface area contributed by atoms with Gasteiger partial charge in [0, 0.05) is 30.7 Å². The van der Waals surface area contributed by atoms with Crippen molar-refractivity contribution in [2.24, 2.45) is 0 Å². The third-order valence-corrected chi connectivity index (χ3v) is 6.97. The van der Waals surface area contributed by atoms with Crippen molar-refractivity contribution in [3.05, 3.63) is 35.6 Å². The Kier molecular flexibility index (Phi) is 11.3. The van der Waals surface area contributed by atoms with E-state index in [4.69, 9.17) is 25.9 Å². The second-order valence-corrected chi connectivity index (χ2v) is 11.1. The van der Waals surface area contributed by atoms with Crippen LogP contribution in [0.1, 0.15) is 32.1 Å². The number of rotatable bonds is 13. The van der Waals surface area contributed by atoms with Crippen LogP contribution < -0.4 is 38.9 Å². The molecule has 0 saturated carbocycles. The number of unbranched alkanes of at least 4 members (excludes halogenated alkanes) is 2. The summed E-state index contributed by atoms with van der Waals surface area (Å²) in [7, 11) is -9.45. The molecule has 0 aliphatic rings. The summed E-state index contributed by atoms with van der Waals surface area (Å²) >= 11 is 6.39. The number of carboxylic acid groups (broad SMARTS) is 1. The van der Waals surface area contributed by atoms with Crippen molar-refractivity contribution < 1.29 is 79.1 Å². The van der Waals surface area contributed by atoms with Crippen LogP contribution in [0.4, 0.5) is 0 Å². The Morgan fingerprint density at radius 3 is 2.49 bits per heavy atom. The first-order valence-corrected chi connectivity index (χ1v) is 14.1. The van der Waals surface area contributed by atoms with E-state index in [2.05, 4.69) is 4.98 Å². The zero-order valence-electron chi connectivity index (χ0n) is 19.8. The summed E-state index contributed by atoms with van der Waals surface area (Å²) in [5.74, 6) is -1.84. The average Bonchev–Trinajstić information content (AvgIpc) is 3.17. The van der Waals surface area contributed by atoms with E-state index in [0.29, 0.717) is 23.6 Å². The molecule has 1 aromatic carbocycles. The van der Waals surface area contributed by atoms with E-state index in [1.165, 1.54) is 0 Å². The molecular weight excluding hydrogens is 563 g/mol. The number of benzene rings is 1. The van der Waals surface area contributed by atoms with E-state index in [1.807, 2.05) is 4.57 Å². The first-order valence-electron chi connectivity index (χ1n) is 10.7. The van der Waals surface area contributed by atoms with Crippen molar-refractivity contribution in [2.75, 3.05) is 12.4 Å². The van der Waals surface area contributed by atoms with Crippen LogP contribution in [0.5, 0.6) is 5.75 Å². The van der Waals surface area contributed by atoms with Gasteiger partial charge in [-0.3, -0.25) is 4.79 Å². The van der Waals surface area contributed by atoms with Gasteiger partial charge in [-0.25, -0.2) is 26.4 Å². The monoisotopic (exact) mass is 584 g/mol. The van der Waals surface area contributed by atoms with Crippen LogP contribution in [0.25, 0.3) is 22.6 Å². The van der Waals surface area contributed by atoms with Gasteiger partial charge in [-0.2, -0.15) is 0 Å². The predicted molar refractivity (Wildman–Crippen MR) is 123 cm³/mol. The number of carbonyl (C=O) groups is 1. The molecular formula is C21H22ClN2NaO10S2. The number of hydrogen-bond acceptors (Lipinski definition) is 10. The topological polar surface area (TPSA) is 191 Å². The maximum Gasteiger partial charge on any atom is 1.00 e. The van der Waals surface area contributed by atoms with Gasteiger partial charge in [0.15, 0.2) is 18.0 Å². The molecule has 2 aromatic heterocycles. The molecule has 16 heteroatoms. The van der Waals surface area contributed by atoms with Crippen LogP contribution in [0.2, 0.25) is 5.02 Å². The fourth-order valence-electron chi connectivity index (χ4n) is 3.35. The second kappa shape index (κ2) is 13.3. The number of ether oxygens (including phenoxy) is 1. The fraction of sp³-hybridized carbons (Fsp3) is 0.381. The summed E-state index contributed by atoms with van der Waals surface area (Å²) in [6.45, 7) is 0.295. The van der Waals surface area contributed by atoms with Gasteiger partial charge in [-0.1, -0.05) is 11.6 Å². The van der Waals surface area contributed by atoms with Crippen LogP contribution >= 0.6 is 11.6 Å². The number of nitrogens with zero attached hydrogens (tertiary/aromatic N) is 2. The Hall–Kier alpha value is -1.78. The molecule has 0 aliphatic carbocycles. The van der Waals surface area contributed by atoms with Gasteiger partial charge in [-0.05, 0) is 25.3 Å². The number of halogens is 1. The number of aryl methyl sites for hydroxylation is 1. The molecule has 3 aromatic rings. The molecule has 0 atom stereocenters.